The molecule has 3 aromatic rings. The van der Waals surface area contributed by atoms with E-state index in [0.29, 0.717) is 28.4 Å². The minimum Gasteiger partial charge on any atom is -0.364 e. The van der Waals surface area contributed by atoms with E-state index < -0.39 is 0 Å². The Morgan fingerprint density at radius 3 is 2.40 bits per heavy atom. The van der Waals surface area contributed by atoms with Crippen LogP contribution in [0.15, 0.2) is 72.8 Å². The SMILES string of the molecule is O=C(NCCC1CCC(c2ccc(Cl)cc2Cl)N(c2ccc(Cl)cc2)C1)C1C[C@H]1c1ccccc1. The average molecular weight is 528 g/mol. The zero-order valence-electron chi connectivity index (χ0n) is 19.5. The lowest BCUT2D eigenvalue weighted by Gasteiger charge is -2.42. The second-order valence-electron chi connectivity index (χ2n) is 9.69. The smallest absolute Gasteiger partial charge is 0.223 e. The first-order valence-electron chi connectivity index (χ1n) is 12.3. The van der Waals surface area contributed by atoms with Crippen LogP contribution in [0.2, 0.25) is 15.1 Å². The minimum absolute atomic E-state index is 0.116. The number of piperidine rings is 1. The molecule has 182 valence electrons. The molecule has 2 fully saturated rings. The molecule has 0 aromatic heterocycles. The molecule has 1 amide bonds. The molecule has 1 saturated carbocycles. The van der Waals surface area contributed by atoms with Crippen molar-refractivity contribution in [2.24, 2.45) is 11.8 Å². The number of amides is 1. The van der Waals surface area contributed by atoms with Gasteiger partial charge in [0, 0.05) is 39.8 Å². The van der Waals surface area contributed by atoms with Crippen molar-refractivity contribution < 1.29 is 4.79 Å². The highest BCUT2D eigenvalue weighted by Crippen LogP contribution is 2.47. The Morgan fingerprint density at radius 2 is 1.66 bits per heavy atom. The number of halogens is 3. The number of nitrogens with zero attached hydrogens (tertiary/aromatic N) is 1. The Kier molecular flexibility index (Phi) is 7.57. The van der Waals surface area contributed by atoms with E-state index in [4.69, 9.17) is 34.8 Å². The van der Waals surface area contributed by atoms with Crippen LogP contribution >= 0.6 is 34.8 Å². The van der Waals surface area contributed by atoms with Gasteiger partial charge in [0.25, 0.3) is 0 Å². The van der Waals surface area contributed by atoms with Crippen LogP contribution in [-0.2, 0) is 4.79 Å². The fraction of sp³-hybridized carbons (Fsp3) is 0.345. The predicted octanol–water partition coefficient (Wildman–Crippen LogP) is 7.91. The number of anilines is 1. The Bertz CT molecular complexity index is 1170. The van der Waals surface area contributed by atoms with Gasteiger partial charge >= 0.3 is 0 Å². The Labute approximate surface area is 222 Å². The monoisotopic (exact) mass is 526 g/mol. The number of carbonyl (C=O) groups excluding carboxylic acids is 1. The fourth-order valence-electron chi connectivity index (χ4n) is 5.38. The van der Waals surface area contributed by atoms with Crippen LogP contribution in [0.3, 0.4) is 0 Å². The molecule has 4 atom stereocenters. The summed E-state index contributed by atoms with van der Waals surface area (Å²) in [5, 5.41) is 5.27. The maximum Gasteiger partial charge on any atom is 0.223 e. The molecule has 35 heavy (non-hydrogen) atoms. The summed E-state index contributed by atoms with van der Waals surface area (Å²) < 4.78 is 0. The highest BCUT2D eigenvalue weighted by molar-refractivity contribution is 6.35. The van der Waals surface area contributed by atoms with Crippen LogP contribution in [-0.4, -0.2) is 19.0 Å². The first kappa shape index (κ1) is 24.5. The maximum atomic E-state index is 12.7. The van der Waals surface area contributed by atoms with E-state index in [-0.39, 0.29) is 17.9 Å². The molecule has 3 aromatic carbocycles. The second-order valence-corrected chi connectivity index (χ2v) is 11.0. The van der Waals surface area contributed by atoms with Crippen molar-refractivity contribution in [2.45, 2.75) is 37.6 Å². The zero-order valence-corrected chi connectivity index (χ0v) is 21.7. The highest BCUT2D eigenvalue weighted by Gasteiger charge is 2.43. The van der Waals surface area contributed by atoms with Gasteiger partial charge in [0.15, 0.2) is 0 Å². The van der Waals surface area contributed by atoms with E-state index in [0.717, 1.165) is 48.5 Å². The third-order valence-corrected chi connectivity index (χ3v) is 8.18. The lowest BCUT2D eigenvalue weighted by atomic mass is 9.86. The third kappa shape index (κ3) is 5.80. The molecule has 1 heterocycles. The molecule has 0 spiro atoms. The van der Waals surface area contributed by atoms with Crippen molar-refractivity contribution in [1.82, 2.24) is 5.32 Å². The van der Waals surface area contributed by atoms with Crippen LogP contribution < -0.4 is 10.2 Å². The first-order valence-corrected chi connectivity index (χ1v) is 13.4. The van der Waals surface area contributed by atoms with Gasteiger partial charge < -0.3 is 10.2 Å². The molecule has 3 nitrogen and oxygen atoms in total. The number of benzene rings is 3. The summed E-state index contributed by atoms with van der Waals surface area (Å²) in [5.74, 6) is 1.16. The number of rotatable bonds is 7. The van der Waals surface area contributed by atoms with Crippen LogP contribution in [0.4, 0.5) is 5.69 Å². The van der Waals surface area contributed by atoms with Crippen molar-refractivity contribution in [1.29, 1.82) is 0 Å². The van der Waals surface area contributed by atoms with Gasteiger partial charge in [-0.05, 0) is 85.0 Å². The van der Waals surface area contributed by atoms with Crippen LogP contribution in [0.25, 0.3) is 0 Å². The molecule has 6 heteroatoms. The average Bonchev–Trinajstić information content (AvgIpc) is 3.67. The lowest BCUT2D eigenvalue weighted by Crippen LogP contribution is -2.39. The molecule has 1 aliphatic carbocycles. The molecular formula is C29H29Cl3N2O. The minimum atomic E-state index is 0.116. The van der Waals surface area contributed by atoms with E-state index in [1.807, 2.05) is 48.5 Å². The van der Waals surface area contributed by atoms with E-state index in [1.165, 1.54) is 5.56 Å². The normalized spacial score (nSPS) is 23.7. The summed E-state index contributed by atoms with van der Waals surface area (Å²) >= 11 is 18.9. The Balaban J connectivity index is 1.21. The largest absolute Gasteiger partial charge is 0.364 e. The summed E-state index contributed by atoms with van der Waals surface area (Å²) in [6.45, 7) is 1.61. The van der Waals surface area contributed by atoms with E-state index in [9.17, 15) is 4.79 Å². The third-order valence-electron chi connectivity index (χ3n) is 7.37. The number of carbonyl (C=O) groups is 1. The first-order chi connectivity index (χ1) is 17.0. The van der Waals surface area contributed by atoms with Crippen molar-refractivity contribution in [3.05, 3.63) is 99.0 Å². The highest BCUT2D eigenvalue weighted by atomic mass is 35.5. The molecule has 2 aliphatic rings. The molecule has 0 bridgehead atoms. The summed E-state index contributed by atoms with van der Waals surface area (Å²) in [7, 11) is 0. The van der Waals surface area contributed by atoms with Crippen LogP contribution in [0, 0.1) is 11.8 Å². The summed E-state index contributed by atoms with van der Waals surface area (Å²) in [6.07, 6.45) is 3.98. The molecule has 1 N–H and O–H groups in total. The number of hydrogen-bond donors (Lipinski definition) is 1. The van der Waals surface area contributed by atoms with Crippen molar-refractivity contribution in [3.8, 4) is 0 Å². The summed E-state index contributed by atoms with van der Waals surface area (Å²) in [6, 6.07) is 24.3. The molecular weight excluding hydrogens is 499 g/mol. The number of hydrogen-bond acceptors (Lipinski definition) is 2. The Hall–Kier alpha value is -2.20. The molecule has 3 unspecified atom stereocenters. The van der Waals surface area contributed by atoms with Crippen molar-refractivity contribution >= 4 is 46.4 Å². The Morgan fingerprint density at radius 1 is 0.914 bits per heavy atom. The van der Waals surface area contributed by atoms with Gasteiger partial charge in [0.1, 0.15) is 0 Å². The fourth-order valence-corrected chi connectivity index (χ4v) is 6.04. The van der Waals surface area contributed by atoms with E-state index in [2.05, 4.69) is 34.5 Å². The topological polar surface area (TPSA) is 32.3 Å². The van der Waals surface area contributed by atoms with Gasteiger partial charge in [-0.25, -0.2) is 0 Å². The van der Waals surface area contributed by atoms with Gasteiger partial charge in [0.05, 0.1) is 6.04 Å². The van der Waals surface area contributed by atoms with Crippen LogP contribution in [0.1, 0.15) is 48.8 Å². The lowest BCUT2D eigenvalue weighted by molar-refractivity contribution is -0.122. The van der Waals surface area contributed by atoms with Gasteiger partial charge in [-0.15, -0.1) is 0 Å². The second kappa shape index (κ2) is 10.8. The van der Waals surface area contributed by atoms with Gasteiger partial charge in [0.2, 0.25) is 5.91 Å². The molecule has 5 rings (SSSR count). The van der Waals surface area contributed by atoms with Gasteiger partial charge in [-0.3, -0.25) is 4.79 Å². The predicted molar refractivity (Wildman–Crippen MR) is 146 cm³/mol. The van der Waals surface area contributed by atoms with Crippen molar-refractivity contribution in [2.75, 3.05) is 18.0 Å². The van der Waals surface area contributed by atoms with E-state index in [1.54, 1.807) is 0 Å². The summed E-state index contributed by atoms with van der Waals surface area (Å²) in [5.41, 5.74) is 3.49. The molecule has 0 radical (unpaired) electrons. The molecule has 1 aliphatic heterocycles. The van der Waals surface area contributed by atoms with Crippen LogP contribution in [0.5, 0.6) is 0 Å². The quantitative estimate of drug-likeness (QED) is 0.338. The molecule has 1 saturated heterocycles. The standard InChI is InChI=1S/C29H29Cl3N2O/c30-21-7-10-23(11-8-21)34-18-19(6-13-28(34)24-12-9-22(31)16-27(24)32)14-15-33-29(35)26-17-25(26)20-4-2-1-3-5-20/h1-5,7-12,16,19,25-26,28H,6,13-15,17-18H2,(H,33,35)/t19?,25-,26?,28?/m0/s1. The number of nitrogens with one attached hydrogen (secondary N) is 1. The van der Waals surface area contributed by atoms with Gasteiger partial charge in [-0.2, -0.15) is 0 Å². The maximum absolute atomic E-state index is 12.7. The van der Waals surface area contributed by atoms with E-state index >= 15 is 0 Å². The van der Waals surface area contributed by atoms with Gasteiger partial charge in [-0.1, -0.05) is 71.2 Å². The van der Waals surface area contributed by atoms with Crippen molar-refractivity contribution in [3.63, 3.8) is 0 Å². The summed E-state index contributed by atoms with van der Waals surface area (Å²) in [4.78, 5) is 15.1. The zero-order chi connectivity index (χ0) is 24.4.